The number of guanidine groups is 1. The van der Waals surface area contributed by atoms with Crippen LogP contribution in [-0.2, 0) is 19.8 Å². The first-order valence-corrected chi connectivity index (χ1v) is 9.12. The zero-order valence-corrected chi connectivity index (χ0v) is 15.7. The second-order valence-corrected chi connectivity index (χ2v) is 6.71. The molecule has 2 rings (SSSR count). The Morgan fingerprint density at radius 2 is 2.04 bits per heavy atom. The van der Waals surface area contributed by atoms with Crippen LogP contribution in [0.25, 0.3) is 0 Å². The highest BCUT2D eigenvalue weighted by Crippen LogP contribution is 2.30. The molecule has 1 fully saturated rings. The molecule has 0 unspecified atom stereocenters. The maximum Gasteiger partial charge on any atom is 0.435 e. The van der Waals surface area contributed by atoms with Gasteiger partial charge in [-0.2, -0.15) is 18.3 Å². The number of hydrogen-bond acceptors (Lipinski definition) is 3. The van der Waals surface area contributed by atoms with Gasteiger partial charge in [0, 0.05) is 51.5 Å². The van der Waals surface area contributed by atoms with Gasteiger partial charge in [-0.3, -0.25) is 9.67 Å². The molecular formula is C17H29F3N6. The summed E-state index contributed by atoms with van der Waals surface area (Å²) >= 11 is 0. The number of nitrogens with one attached hydrogen (secondary N) is 2. The minimum absolute atomic E-state index is 0.0255. The minimum atomic E-state index is -4.46. The number of likely N-dealkylation sites (tertiary alicyclic amines) is 1. The molecule has 1 aliphatic rings. The van der Waals surface area contributed by atoms with Crippen LogP contribution < -0.4 is 10.6 Å². The summed E-state index contributed by atoms with van der Waals surface area (Å²) < 4.78 is 40.2. The van der Waals surface area contributed by atoms with Crippen molar-refractivity contribution >= 4 is 5.96 Å². The van der Waals surface area contributed by atoms with E-state index in [2.05, 4.69) is 32.5 Å². The van der Waals surface area contributed by atoms with E-state index in [0.717, 1.165) is 32.5 Å². The normalized spacial score (nSPS) is 17.5. The molecule has 0 amide bonds. The van der Waals surface area contributed by atoms with Crippen molar-refractivity contribution in [2.45, 2.75) is 51.4 Å². The van der Waals surface area contributed by atoms with E-state index in [0.29, 0.717) is 5.96 Å². The van der Waals surface area contributed by atoms with Crippen molar-refractivity contribution in [3.63, 3.8) is 0 Å². The van der Waals surface area contributed by atoms with Gasteiger partial charge in [-0.1, -0.05) is 13.3 Å². The molecular weight excluding hydrogens is 345 g/mol. The summed E-state index contributed by atoms with van der Waals surface area (Å²) in [6.07, 6.45) is 1.35. The molecule has 1 aromatic heterocycles. The average Bonchev–Trinajstić information content (AvgIpc) is 2.99. The standard InChI is InChI=1S/C17H29F3N6/c1-4-5-8-26-9-6-14(7-10-26)23-16(21-2)22-11-13-12-25(3)24-15(13)17(18,19)20/h12,14H,4-11H2,1-3H3,(H2,21,22,23). The van der Waals surface area contributed by atoms with Crippen molar-refractivity contribution < 1.29 is 13.2 Å². The van der Waals surface area contributed by atoms with Crippen LogP contribution in [0.5, 0.6) is 0 Å². The lowest BCUT2D eigenvalue weighted by Crippen LogP contribution is -2.48. The van der Waals surface area contributed by atoms with Crippen LogP contribution in [0, 0.1) is 0 Å². The van der Waals surface area contributed by atoms with Gasteiger partial charge in [0.15, 0.2) is 11.7 Å². The third-order valence-electron chi connectivity index (χ3n) is 4.60. The Balaban J connectivity index is 1.84. The number of hydrogen-bond donors (Lipinski definition) is 2. The number of rotatable bonds is 6. The van der Waals surface area contributed by atoms with E-state index in [1.54, 1.807) is 7.05 Å². The molecule has 2 N–H and O–H groups in total. The van der Waals surface area contributed by atoms with Crippen LogP contribution in [0.4, 0.5) is 13.2 Å². The smallest absolute Gasteiger partial charge is 0.354 e. The molecule has 0 saturated carbocycles. The van der Waals surface area contributed by atoms with Crippen LogP contribution in [-0.4, -0.2) is 53.4 Å². The quantitative estimate of drug-likeness (QED) is 0.593. The second kappa shape index (κ2) is 9.25. The monoisotopic (exact) mass is 374 g/mol. The molecule has 0 aromatic carbocycles. The molecule has 0 aliphatic carbocycles. The molecule has 1 saturated heterocycles. The number of nitrogens with zero attached hydrogens (tertiary/aromatic N) is 4. The van der Waals surface area contributed by atoms with Gasteiger partial charge in [0.25, 0.3) is 0 Å². The first-order chi connectivity index (χ1) is 12.3. The van der Waals surface area contributed by atoms with E-state index < -0.39 is 11.9 Å². The molecule has 6 nitrogen and oxygen atoms in total. The Hall–Kier alpha value is -1.77. The maximum atomic E-state index is 13.0. The highest BCUT2D eigenvalue weighted by atomic mass is 19.4. The topological polar surface area (TPSA) is 57.5 Å². The van der Waals surface area contributed by atoms with Crippen LogP contribution in [0.2, 0.25) is 0 Å². The van der Waals surface area contributed by atoms with Gasteiger partial charge in [0.05, 0.1) is 0 Å². The molecule has 1 aromatic rings. The minimum Gasteiger partial charge on any atom is -0.354 e. The first kappa shape index (κ1) is 20.5. The van der Waals surface area contributed by atoms with E-state index in [1.165, 1.54) is 30.8 Å². The van der Waals surface area contributed by atoms with Gasteiger partial charge in [-0.25, -0.2) is 0 Å². The molecule has 1 aliphatic heterocycles. The van der Waals surface area contributed by atoms with Crippen molar-refractivity contribution in [2.24, 2.45) is 12.0 Å². The highest BCUT2D eigenvalue weighted by molar-refractivity contribution is 5.80. The Morgan fingerprint density at radius 3 is 2.62 bits per heavy atom. The van der Waals surface area contributed by atoms with E-state index in [9.17, 15) is 13.2 Å². The molecule has 2 heterocycles. The Morgan fingerprint density at radius 1 is 1.35 bits per heavy atom. The van der Waals surface area contributed by atoms with Crippen molar-refractivity contribution in [2.75, 3.05) is 26.7 Å². The number of aromatic nitrogens is 2. The van der Waals surface area contributed by atoms with Crippen molar-refractivity contribution in [1.82, 2.24) is 25.3 Å². The van der Waals surface area contributed by atoms with E-state index >= 15 is 0 Å². The largest absolute Gasteiger partial charge is 0.435 e. The first-order valence-electron chi connectivity index (χ1n) is 9.12. The average molecular weight is 374 g/mol. The highest BCUT2D eigenvalue weighted by Gasteiger charge is 2.36. The van der Waals surface area contributed by atoms with Gasteiger partial charge in [-0.05, 0) is 25.8 Å². The summed E-state index contributed by atoms with van der Waals surface area (Å²) in [5.74, 6) is 0.522. The summed E-state index contributed by atoms with van der Waals surface area (Å²) in [6.45, 7) is 5.43. The lowest BCUT2D eigenvalue weighted by atomic mass is 10.0. The fourth-order valence-corrected chi connectivity index (χ4v) is 3.16. The predicted molar refractivity (Wildman–Crippen MR) is 95.9 cm³/mol. The Bertz CT molecular complexity index is 588. The summed E-state index contributed by atoms with van der Waals surface area (Å²) in [4.78, 5) is 6.60. The Labute approximate surface area is 152 Å². The fraction of sp³-hybridized carbons (Fsp3) is 0.765. The SMILES string of the molecule is CCCCN1CCC(NC(=NC)NCc2cn(C)nc2C(F)(F)F)CC1. The van der Waals surface area contributed by atoms with Crippen LogP contribution in [0.15, 0.2) is 11.2 Å². The van der Waals surface area contributed by atoms with Crippen LogP contribution in [0.3, 0.4) is 0 Å². The second-order valence-electron chi connectivity index (χ2n) is 6.71. The third kappa shape index (κ3) is 5.89. The Kier molecular flexibility index (Phi) is 7.31. The van der Waals surface area contributed by atoms with Crippen molar-refractivity contribution in [1.29, 1.82) is 0 Å². The summed E-state index contributed by atoms with van der Waals surface area (Å²) in [6, 6.07) is 0.287. The number of piperidine rings is 1. The van der Waals surface area contributed by atoms with E-state index in [1.807, 2.05) is 0 Å². The van der Waals surface area contributed by atoms with E-state index in [-0.39, 0.29) is 18.2 Å². The summed E-state index contributed by atoms with van der Waals surface area (Å²) in [5.41, 5.74) is -0.746. The third-order valence-corrected chi connectivity index (χ3v) is 4.60. The van der Waals surface area contributed by atoms with Gasteiger partial charge < -0.3 is 15.5 Å². The predicted octanol–water partition coefficient (Wildman–Crippen LogP) is 2.37. The maximum absolute atomic E-state index is 13.0. The molecule has 0 atom stereocenters. The van der Waals surface area contributed by atoms with Gasteiger partial charge in [0.2, 0.25) is 0 Å². The number of unbranched alkanes of at least 4 members (excludes halogenated alkanes) is 1. The molecule has 0 radical (unpaired) electrons. The lowest BCUT2D eigenvalue weighted by Gasteiger charge is -2.33. The van der Waals surface area contributed by atoms with Gasteiger partial charge in [-0.15, -0.1) is 0 Å². The van der Waals surface area contributed by atoms with Crippen molar-refractivity contribution in [3.05, 3.63) is 17.5 Å². The number of halogens is 3. The fourth-order valence-electron chi connectivity index (χ4n) is 3.16. The molecule has 0 bridgehead atoms. The molecule has 9 heteroatoms. The zero-order valence-electron chi connectivity index (χ0n) is 15.7. The van der Waals surface area contributed by atoms with Gasteiger partial charge >= 0.3 is 6.18 Å². The molecule has 26 heavy (non-hydrogen) atoms. The van der Waals surface area contributed by atoms with Crippen LogP contribution >= 0.6 is 0 Å². The van der Waals surface area contributed by atoms with E-state index in [4.69, 9.17) is 0 Å². The van der Waals surface area contributed by atoms with Crippen LogP contribution in [0.1, 0.15) is 43.9 Å². The molecule has 148 valence electrons. The lowest BCUT2D eigenvalue weighted by molar-refractivity contribution is -0.142. The molecule has 0 spiro atoms. The van der Waals surface area contributed by atoms with Gasteiger partial charge in [0.1, 0.15) is 0 Å². The summed E-state index contributed by atoms with van der Waals surface area (Å²) in [5, 5.41) is 9.82. The number of alkyl halides is 3. The zero-order chi connectivity index (χ0) is 19.2. The number of aliphatic imine (C=N–C) groups is 1. The number of aryl methyl sites for hydroxylation is 1. The summed E-state index contributed by atoms with van der Waals surface area (Å²) in [7, 11) is 3.11. The van der Waals surface area contributed by atoms with Crippen molar-refractivity contribution in [3.8, 4) is 0 Å².